The van der Waals surface area contributed by atoms with Gasteiger partial charge in [-0.2, -0.15) is 23.0 Å². The number of nitrogens with zero attached hydrogens (tertiary/aromatic N) is 5. The Labute approximate surface area is 214 Å². The van der Waals surface area contributed by atoms with Crippen LogP contribution in [0.25, 0.3) is 0 Å². The second-order valence-corrected chi connectivity index (χ2v) is 12.2. The molecule has 3 aliphatic heterocycles. The smallest absolute Gasteiger partial charge is 0.372 e. The van der Waals surface area contributed by atoms with E-state index in [1.807, 2.05) is 4.90 Å². The normalized spacial score (nSPS) is 22.9. The van der Waals surface area contributed by atoms with Gasteiger partial charge in [0.25, 0.3) is 0 Å². The molecule has 4 heterocycles. The monoisotopic (exact) mass is 540 g/mol. The second-order valence-electron chi connectivity index (χ2n) is 10.5. The Bertz CT molecular complexity index is 1270. The molecular weight excluding hydrogens is 509 g/mol. The summed E-state index contributed by atoms with van der Waals surface area (Å²) in [7, 11) is -3.48. The minimum atomic E-state index is -4.42. The maximum Gasteiger partial charge on any atom is 0.416 e. The lowest BCUT2D eigenvalue weighted by atomic mass is 9.86. The number of halogens is 3. The van der Waals surface area contributed by atoms with Gasteiger partial charge in [0.2, 0.25) is 10.0 Å². The first-order chi connectivity index (χ1) is 17.4. The number of carbonyl (C=O) groups is 1. The molecule has 0 saturated carbocycles. The number of anilines is 2. The topological polar surface area (TPSA) is 90.8 Å². The van der Waals surface area contributed by atoms with Crippen LogP contribution in [0.1, 0.15) is 36.8 Å². The lowest BCUT2D eigenvalue weighted by molar-refractivity contribution is -0.138. The molecule has 1 spiro atoms. The van der Waals surface area contributed by atoms with Crippen molar-refractivity contribution in [3.63, 3.8) is 0 Å². The van der Waals surface area contributed by atoms with Crippen LogP contribution in [0, 0.1) is 5.41 Å². The molecule has 202 valence electrons. The standard InChI is InChI=1S/C24H31F3N6O3S/c1-37(35,36)29-19-13-28-33(15-19)22(34)32-11-7-23(17-32)6-10-30(16-23)14-18-4-5-20(31-8-2-3-9-31)12-21(18)24(25,26)27/h4-5,12-13,15,29H,2-3,6-11,14,16-17H2,1H3. The van der Waals surface area contributed by atoms with Crippen molar-refractivity contribution >= 4 is 27.4 Å². The molecule has 9 nitrogen and oxygen atoms in total. The average Bonchev–Trinajstić information content (AvgIpc) is 3.61. The summed E-state index contributed by atoms with van der Waals surface area (Å²) in [6, 6.07) is 4.36. The molecule has 13 heteroatoms. The highest BCUT2D eigenvalue weighted by Gasteiger charge is 2.45. The van der Waals surface area contributed by atoms with E-state index in [9.17, 15) is 26.4 Å². The number of carbonyl (C=O) groups excluding carboxylic acids is 1. The molecule has 37 heavy (non-hydrogen) atoms. The first kappa shape index (κ1) is 25.8. The molecule has 1 aromatic carbocycles. The maximum absolute atomic E-state index is 14.0. The van der Waals surface area contributed by atoms with Crippen molar-refractivity contribution in [2.45, 2.75) is 38.4 Å². The molecule has 3 fully saturated rings. The predicted octanol–water partition coefficient (Wildman–Crippen LogP) is 3.44. The molecule has 1 atom stereocenters. The highest BCUT2D eigenvalue weighted by atomic mass is 32.2. The van der Waals surface area contributed by atoms with Gasteiger partial charge >= 0.3 is 12.2 Å². The summed E-state index contributed by atoms with van der Waals surface area (Å²) in [6.07, 6.45) is 2.74. The summed E-state index contributed by atoms with van der Waals surface area (Å²) < 4.78 is 68.1. The van der Waals surface area contributed by atoms with Crippen LogP contribution in [-0.4, -0.2) is 79.6 Å². The molecule has 0 radical (unpaired) electrons. The predicted molar refractivity (Wildman–Crippen MR) is 133 cm³/mol. The fourth-order valence-corrected chi connectivity index (χ4v) is 6.35. The number of nitrogens with one attached hydrogen (secondary N) is 1. The van der Waals surface area contributed by atoms with E-state index in [2.05, 4.69) is 14.7 Å². The third kappa shape index (κ3) is 5.71. The van der Waals surface area contributed by atoms with E-state index in [0.717, 1.165) is 49.7 Å². The van der Waals surface area contributed by atoms with Crippen molar-refractivity contribution in [2.24, 2.45) is 5.41 Å². The molecular formula is C24H31F3N6O3S. The quantitative estimate of drug-likeness (QED) is 0.625. The van der Waals surface area contributed by atoms with Crippen molar-refractivity contribution in [1.82, 2.24) is 19.6 Å². The number of alkyl halides is 3. The van der Waals surface area contributed by atoms with E-state index in [0.29, 0.717) is 31.9 Å². The number of hydrogen-bond acceptors (Lipinski definition) is 6. The Hall–Kier alpha value is -2.80. The van der Waals surface area contributed by atoms with Gasteiger partial charge in [-0.3, -0.25) is 9.62 Å². The number of amides is 1. The molecule has 0 aliphatic carbocycles. The van der Waals surface area contributed by atoms with Crippen molar-refractivity contribution in [3.8, 4) is 0 Å². The Kier molecular flexibility index (Phi) is 6.63. The number of likely N-dealkylation sites (tertiary alicyclic amines) is 2. The SMILES string of the molecule is CS(=O)(=O)Nc1cnn(C(=O)N2CCC3(CCN(Cc4ccc(N5CCCC5)cc4C(F)(F)F)C3)C2)c1. The minimum Gasteiger partial charge on any atom is -0.372 e. The van der Waals surface area contributed by atoms with Crippen molar-refractivity contribution < 1.29 is 26.4 Å². The summed E-state index contributed by atoms with van der Waals surface area (Å²) in [5.41, 5.74) is 0.363. The van der Waals surface area contributed by atoms with Gasteiger partial charge in [-0.1, -0.05) is 6.07 Å². The first-order valence-electron chi connectivity index (χ1n) is 12.4. The average molecular weight is 541 g/mol. The Morgan fingerprint density at radius 1 is 1.11 bits per heavy atom. The fraction of sp³-hybridized carbons (Fsp3) is 0.583. The third-order valence-corrected chi connectivity index (χ3v) is 8.18. The van der Waals surface area contributed by atoms with Crippen LogP contribution in [0.4, 0.5) is 29.3 Å². The van der Waals surface area contributed by atoms with Crippen LogP contribution in [0.5, 0.6) is 0 Å². The number of hydrogen-bond donors (Lipinski definition) is 1. The van der Waals surface area contributed by atoms with Crippen LogP contribution < -0.4 is 9.62 Å². The third-order valence-electron chi connectivity index (χ3n) is 7.57. The highest BCUT2D eigenvalue weighted by Crippen LogP contribution is 2.42. The Balaban J connectivity index is 1.24. The van der Waals surface area contributed by atoms with Crippen molar-refractivity contribution in [3.05, 3.63) is 41.7 Å². The van der Waals surface area contributed by atoms with Gasteiger partial charge in [-0.25, -0.2) is 13.2 Å². The molecule has 1 N–H and O–H groups in total. The molecule has 1 aromatic heterocycles. The van der Waals surface area contributed by atoms with Gasteiger partial charge in [0, 0.05) is 50.4 Å². The lowest BCUT2D eigenvalue weighted by Gasteiger charge is -2.26. The number of benzene rings is 1. The molecule has 1 unspecified atom stereocenters. The van der Waals surface area contributed by atoms with E-state index in [1.54, 1.807) is 17.0 Å². The number of aromatic nitrogens is 2. The van der Waals surface area contributed by atoms with Gasteiger partial charge in [0.1, 0.15) is 0 Å². The lowest BCUT2D eigenvalue weighted by Crippen LogP contribution is -2.36. The van der Waals surface area contributed by atoms with Gasteiger partial charge < -0.3 is 9.80 Å². The number of rotatable bonds is 5. The van der Waals surface area contributed by atoms with Crippen LogP contribution in [0.15, 0.2) is 30.6 Å². The van der Waals surface area contributed by atoms with Crippen LogP contribution in [-0.2, 0) is 22.7 Å². The van der Waals surface area contributed by atoms with Gasteiger partial charge in [0.15, 0.2) is 0 Å². The second kappa shape index (κ2) is 9.50. The zero-order chi connectivity index (χ0) is 26.4. The zero-order valence-corrected chi connectivity index (χ0v) is 21.5. The van der Waals surface area contributed by atoms with E-state index in [4.69, 9.17) is 0 Å². The molecule has 2 aromatic rings. The maximum atomic E-state index is 14.0. The van der Waals surface area contributed by atoms with E-state index >= 15 is 0 Å². The van der Waals surface area contributed by atoms with E-state index in [1.165, 1.54) is 18.5 Å². The van der Waals surface area contributed by atoms with E-state index in [-0.39, 0.29) is 29.2 Å². The summed E-state index contributed by atoms with van der Waals surface area (Å²) >= 11 is 0. The molecule has 0 bridgehead atoms. The van der Waals surface area contributed by atoms with Crippen LogP contribution in [0.2, 0.25) is 0 Å². The minimum absolute atomic E-state index is 0.176. The summed E-state index contributed by atoms with van der Waals surface area (Å²) in [5.74, 6) is 0. The molecule has 5 rings (SSSR count). The molecule has 3 saturated heterocycles. The van der Waals surface area contributed by atoms with Gasteiger partial charge in [-0.05, 0) is 49.9 Å². The summed E-state index contributed by atoms with van der Waals surface area (Å²) in [4.78, 5) is 18.7. The van der Waals surface area contributed by atoms with E-state index < -0.39 is 21.8 Å². The summed E-state index contributed by atoms with van der Waals surface area (Å²) in [5, 5.41) is 3.98. The van der Waals surface area contributed by atoms with Crippen LogP contribution in [0.3, 0.4) is 0 Å². The molecule has 3 aliphatic rings. The van der Waals surface area contributed by atoms with Crippen LogP contribution >= 0.6 is 0 Å². The first-order valence-corrected chi connectivity index (χ1v) is 14.3. The number of sulfonamides is 1. The van der Waals surface area contributed by atoms with Gasteiger partial charge in [-0.15, -0.1) is 0 Å². The van der Waals surface area contributed by atoms with Crippen molar-refractivity contribution in [1.29, 1.82) is 0 Å². The highest BCUT2D eigenvalue weighted by molar-refractivity contribution is 7.92. The Morgan fingerprint density at radius 3 is 2.54 bits per heavy atom. The van der Waals surface area contributed by atoms with Gasteiger partial charge in [0.05, 0.1) is 29.9 Å². The largest absolute Gasteiger partial charge is 0.416 e. The Morgan fingerprint density at radius 2 is 1.84 bits per heavy atom. The van der Waals surface area contributed by atoms with Crippen molar-refractivity contribution in [2.75, 3.05) is 55.1 Å². The molecule has 1 amide bonds. The summed E-state index contributed by atoms with van der Waals surface area (Å²) in [6.45, 7) is 4.06. The fourth-order valence-electron chi connectivity index (χ4n) is 5.81. The zero-order valence-electron chi connectivity index (χ0n) is 20.7.